The smallest absolute Gasteiger partial charge is 0.256 e. The Balaban J connectivity index is 1.93. The zero-order valence-electron chi connectivity index (χ0n) is 13.6. The Bertz CT molecular complexity index is 1020. The summed E-state index contributed by atoms with van der Waals surface area (Å²) in [6.45, 7) is 0.152. The van der Waals surface area contributed by atoms with E-state index in [1.54, 1.807) is 7.05 Å². The van der Waals surface area contributed by atoms with Crippen LogP contribution < -0.4 is 20.7 Å². The Morgan fingerprint density at radius 1 is 1.35 bits per heavy atom. The quantitative estimate of drug-likeness (QED) is 0.614. The van der Waals surface area contributed by atoms with Gasteiger partial charge in [0.1, 0.15) is 35.3 Å². The molecule has 0 unspecified atom stereocenters. The molecule has 3 N–H and O–H groups in total. The summed E-state index contributed by atoms with van der Waals surface area (Å²) in [5.41, 5.74) is 0.0898. The van der Waals surface area contributed by atoms with E-state index in [4.69, 9.17) is 4.74 Å². The number of hydrogen-bond donors (Lipinski definition) is 3. The molecule has 0 aliphatic carbocycles. The first-order valence-corrected chi connectivity index (χ1v) is 7.81. The highest BCUT2D eigenvalue weighted by atomic mass is 19.1. The van der Waals surface area contributed by atoms with Crippen LogP contribution in [0.1, 0.15) is 10.4 Å². The summed E-state index contributed by atoms with van der Waals surface area (Å²) in [4.78, 5) is 16.7. The summed E-state index contributed by atoms with van der Waals surface area (Å²) in [6.07, 6.45) is 1.38. The lowest BCUT2D eigenvalue weighted by Crippen LogP contribution is -2.28. The van der Waals surface area contributed by atoms with Gasteiger partial charge in [-0.1, -0.05) is 0 Å². The molecule has 1 aliphatic heterocycles. The molecule has 3 aromatic rings. The lowest BCUT2D eigenvalue weighted by molar-refractivity contribution is 0.0948. The van der Waals surface area contributed by atoms with Crippen molar-refractivity contribution in [3.8, 4) is 5.75 Å². The first-order valence-electron chi connectivity index (χ1n) is 7.81. The van der Waals surface area contributed by atoms with Gasteiger partial charge in [0.05, 0.1) is 12.7 Å². The minimum Gasteiger partial charge on any atom is -0.489 e. The van der Waals surface area contributed by atoms with Crippen LogP contribution in [0.3, 0.4) is 0 Å². The number of aromatic nitrogens is 3. The van der Waals surface area contributed by atoms with Crippen LogP contribution in [0, 0.1) is 11.6 Å². The van der Waals surface area contributed by atoms with Crippen molar-refractivity contribution >= 4 is 28.9 Å². The van der Waals surface area contributed by atoms with Crippen molar-refractivity contribution in [1.82, 2.24) is 19.9 Å². The van der Waals surface area contributed by atoms with Crippen LogP contribution >= 0.6 is 0 Å². The van der Waals surface area contributed by atoms with E-state index in [1.165, 1.54) is 22.8 Å². The summed E-state index contributed by atoms with van der Waals surface area (Å²) >= 11 is 0. The Kier molecular flexibility index (Phi) is 3.79. The fourth-order valence-corrected chi connectivity index (χ4v) is 2.67. The monoisotopic (exact) mass is 360 g/mol. The first-order chi connectivity index (χ1) is 12.6. The molecular weight excluding hydrogens is 346 g/mol. The number of ether oxygens (including phenoxy) is 1. The molecule has 1 amide bonds. The number of benzene rings is 1. The van der Waals surface area contributed by atoms with Gasteiger partial charge in [-0.05, 0) is 12.1 Å². The van der Waals surface area contributed by atoms with Gasteiger partial charge in [-0.15, -0.1) is 0 Å². The molecule has 0 atom stereocenters. The maximum absolute atomic E-state index is 14.6. The summed E-state index contributed by atoms with van der Waals surface area (Å²) in [5.74, 6) is -1.56. The van der Waals surface area contributed by atoms with Gasteiger partial charge in [-0.25, -0.2) is 13.8 Å². The highest BCUT2D eigenvalue weighted by Crippen LogP contribution is 2.31. The minimum absolute atomic E-state index is 0.0188. The van der Waals surface area contributed by atoms with Crippen molar-refractivity contribution < 1.29 is 18.3 Å². The number of fused-ring (bicyclic) bond motifs is 3. The predicted molar refractivity (Wildman–Crippen MR) is 90.0 cm³/mol. The zero-order valence-corrected chi connectivity index (χ0v) is 13.6. The van der Waals surface area contributed by atoms with E-state index in [9.17, 15) is 13.6 Å². The van der Waals surface area contributed by atoms with Gasteiger partial charge in [0.2, 0.25) is 0 Å². The Morgan fingerprint density at radius 3 is 3.00 bits per heavy atom. The van der Waals surface area contributed by atoms with E-state index in [1.807, 2.05) is 0 Å². The number of nitrogens with zero attached hydrogens (tertiary/aromatic N) is 3. The second-order valence-electron chi connectivity index (χ2n) is 5.53. The van der Waals surface area contributed by atoms with Gasteiger partial charge in [-0.3, -0.25) is 4.79 Å². The SMILES string of the molecule is CNc1cc2nc3c(cnn13)C(=O)NCCOc1ccc(F)c(c1F)N2. The third kappa shape index (κ3) is 2.55. The molecule has 10 heteroatoms. The average Bonchev–Trinajstić information content (AvgIpc) is 3.06. The van der Waals surface area contributed by atoms with Crippen molar-refractivity contribution in [3.05, 3.63) is 41.6 Å². The largest absolute Gasteiger partial charge is 0.489 e. The molecule has 4 rings (SSSR count). The summed E-state index contributed by atoms with van der Waals surface area (Å²) < 4.78 is 35.5. The van der Waals surface area contributed by atoms with Crippen LogP contribution in [0.4, 0.5) is 26.1 Å². The molecule has 2 aromatic heterocycles. The number of anilines is 3. The molecule has 0 radical (unpaired) electrons. The average molecular weight is 360 g/mol. The molecule has 134 valence electrons. The second-order valence-corrected chi connectivity index (χ2v) is 5.53. The van der Waals surface area contributed by atoms with Gasteiger partial charge in [-0.2, -0.15) is 9.61 Å². The molecular formula is C16H14F2N6O2. The number of hydrogen-bond acceptors (Lipinski definition) is 6. The third-order valence-electron chi connectivity index (χ3n) is 3.93. The molecule has 1 aromatic carbocycles. The van der Waals surface area contributed by atoms with Gasteiger partial charge < -0.3 is 20.7 Å². The standard InChI is InChI=1S/C16H14F2N6O2/c1-19-12-6-11-22-14-9(17)2-3-10(13(14)18)26-5-4-20-16(25)8-7-21-24(12)15(8)23-11/h2-3,6-7,19H,4-5H2,1H3,(H,20,25)(H,22,23). The second kappa shape index (κ2) is 6.14. The van der Waals surface area contributed by atoms with Gasteiger partial charge in [0, 0.05) is 13.1 Å². The number of nitrogens with one attached hydrogen (secondary N) is 3. The summed E-state index contributed by atoms with van der Waals surface area (Å²) in [7, 11) is 1.66. The molecule has 0 spiro atoms. The predicted octanol–water partition coefficient (Wildman–Crippen LogP) is 1.91. The van der Waals surface area contributed by atoms with Crippen LogP contribution in [-0.4, -0.2) is 40.7 Å². The molecule has 3 heterocycles. The van der Waals surface area contributed by atoms with E-state index in [0.29, 0.717) is 5.82 Å². The van der Waals surface area contributed by atoms with Gasteiger partial charge in [0.15, 0.2) is 17.2 Å². The number of halogens is 2. The van der Waals surface area contributed by atoms with Crippen molar-refractivity contribution in [2.45, 2.75) is 0 Å². The maximum atomic E-state index is 14.6. The zero-order chi connectivity index (χ0) is 18.3. The maximum Gasteiger partial charge on any atom is 0.256 e. The van der Waals surface area contributed by atoms with E-state index in [-0.39, 0.29) is 41.6 Å². The van der Waals surface area contributed by atoms with Crippen LogP contribution in [-0.2, 0) is 0 Å². The van der Waals surface area contributed by atoms with Crippen molar-refractivity contribution in [2.24, 2.45) is 0 Å². The van der Waals surface area contributed by atoms with E-state index >= 15 is 0 Å². The molecule has 1 aliphatic rings. The Morgan fingerprint density at radius 2 is 2.19 bits per heavy atom. The van der Waals surface area contributed by atoms with Crippen molar-refractivity contribution in [3.63, 3.8) is 0 Å². The normalized spacial score (nSPS) is 13.9. The lowest BCUT2D eigenvalue weighted by atomic mass is 10.2. The van der Waals surface area contributed by atoms with Gasteiger partial charge >= 0.3 is 0 Å². The fourth-order valence-electron chi connectivity index (χ4n) is 2.67. The van der Waals surface area contributed by atoms with E-state index < -0.39 is 17.5 Å². The first kappa shape index (κ1) is 16.1. The highest BCUT2D eigenvalue weighted by molar-refractivity contribution is 6.00. The van der Waals surface area contributed by atoms with Crippen molar-refractivity contribution in [1.29, 1.82) is 0 Å². The third-order valence-corrected chi connectivity index (χ3v) is 3.93. The lowest BCUT2D eigenvalue weighted by Gasteiger charge is -2.13. The number of rotatable bonds is 1. The van der Waals surface area contributed by atoms with Crippen molar-refractivity contribution in [2.75, 3.05) is 30.8 Å². The van der Waals surface area contributed by atoms with E-state index in [0.717, 1.165) is 6.07 Å². The Labute approximate surface area is 146 Å². The molecule has 8 nitrogen and oxygen atoms in total. The molecule has 0 saturated carbocycles. The molecule has 4 bridgehead atoms. The van der Waals surface area contributed by atoms with Crippen LogP contribution in [0.2, 0.25) is 0 Å². The van der Waals surface area contributed by atoms with Crippen LogP contribution in [0.15, 0.2) is 24.4 Å². The van der Waals surface area contributed by atoms with Crippen LogP contribution in [0.25, 0.3) is 5.65 Å². The van der Waals surface area contributed by atoms with Gasteiger partial charge in [0.25, 0.3) is 5.91 Å². The molecule has 0 fully saturated rings. The number of amides is 1. The fraction of sp³-hybridized carbons (Fsp3) is 0.188. The summed E-state index contributed by atoms with van der Waals surface area (Å²) in [6, 6.07) is 3.82. The van der Waals surface area contributed by atoms with E-state index in [2.05, 4.69) is 26.0 Å². The topological polar surface area (TPSA) is 92.6 Å². The van der Waals surface area contributed by atoms with Crippen LogP contribution in [0.5, 0.6) is 5.75 Å². The number of carbonyl (C=O) groups is 1. The minimum atomic E-state index is -0.878. The number of carbonyl (C=O) groups excluding carboxylic acids is 1. The summed E-state index contributed by atoms with van der Waals surface area (Å²) in [5, 5.41) is 12.3. The Hall–Kier alpha value is -3.43. The molecule has 26 heavy (non-hydrogen) atoms. The molecule has 0 saturated heterocycles. The highest BCUT2D eigenvalue weighted by Gasteiger charge is 2.20.